The fraction of sp³-hybridized carbons (Fsp3) is 0.231. The van der Waals surface area contributed by atoms with Gasteiger partial charge in [0.05, 0.1) is 5.75 Å². The van der Waals surface area contributed by atoms with E-state index in [2.05, 4.69) is 11.9 Å². The minimum Gasteiger partial charge on any atom is -0.325 e. The van der Waals surface area contributed by atoms with E-state index in [1.807, 2.05) is 0 Å². The molecule has 1 N–H and O–H groups in total. The highest BCUT2D eigenvalue weighted by atomic mass is 32.2. The summed E-state index contributed by atoms with van der Waals surface area (Å²) >= 11 is 0. The predicted octanol–water partition coefficient (Wildman–Crippen LogP) is 1.43. The van der Waals surface area contributed by atoms with Gasteiger partial charge >= 0.3 is 0 Å². The molecular formula is C13H15NO4S. The molecule has 1 amide bonds. The van der Waals surface area contributed by atoms with E-state index in [-0.39, 0.29) is 11.5 Å². The third kappa shape index (κ3) is 5.05. The van der Waals surface area contributed by atoms with Crippen molar-refractivity contribution in [1.82, 2.24) is 0 Å². The number of carbonyl (C=O) groups excluding carboxylic acids is 2. The van der Waals surface area contributed by atoms with Gasteiger partial charge in [0.15, 0.2) is 15.6 Å². The molecule has 0 aliphatic heterocycles. The molecule has 0 aliphatic rings. The number of hydrogen-bond acceptors (Lipinski definition) is 4. The molecule has 19 heavy (non-hydrogen) atoms. The van der Waals surface area contributed by atoms with Crippen molar-refractivity contribution in [3.63, 3.8) is 0 Å². The van der Waals surface area contributed by atoms with Crippen LogP contribution in [0.25, 0.3) is 0 Å². The number of sulfone groups is 1. The van der Waals surface area contributed by atoms with Gasteiger partial charge in [-0.25, -0.2) is 8.42 Å². The molecule has 5 nitrogen and oxygen atoms in total. The van der Waals surface area contributed by atoms with Gasteiger partial charge in [0.1, 0.15) is 5.75 Å². The molecule has 0 bridgehead atoms. The van der Waals surface area contributed by atoms with Crippen molar-refractivity contribution in [2.75, 3.05) is 16.8 Å². The van der Waals surface area contributed by atoms with E-state index >= 15 is 0 Å². The highest BCUT2D eigenvalue weighted by Crippen LogP contribution is 2.11. The minimum atomic E-state index is -3.47. The summed E-state index contributed by atoms with van der Waals surface area (Å²) in [6, 6.07) is 6.32. The van der Waals surface area contributed by atoms with E-state index in [1.54, 1.807) is 18.2 Å². The maximum absolute atomic E-state index is 11.6. The Kier molecular flexibility index (Phi) is 5.00. The lowest BCUT2D eigenvalue weighted by Gasteiger charge is -2.06. The molecule has 0 aliphatic carbocycles. The maximum Gasteiger partial charge on any atom is 0.239 e. The molecule has 1 aromatic rings. The van der Waals surface area contributed by atoms with Gasteiger partial charge in [-0.15, -0.1) is 6.58 Å². The van der Waals surface area contributed by atoms with E-state index in [9.17, 15) is 18.0 Å². The number of benzene rings is 1. The number of rotatable bonds is 6. The van der Waals surface area contributed by atoms with Gasteiger partial charge in [-0.3, -0.25) is 9.59 Å². The first-order valence-electron chi connectivity index (χ1n) is 5.56. The van der Waals surface area contributed by atoms with Crippen LogP contribution in [0.1, 0.15) is 17.3 Å². The number of Topliss-reactive ketones (excluding diaryl/α,β-unsaturated/α-hetero) is 1. The van der Waals surface area contributed by atoms with Crippen LogP contribution >= 0.6 is 0 Å². The molecule has 0 aromatic heterocycles. The molecule has 0 radical (unpaired) electrons. The second-order valence-corrected chi connectivity index (χ2v) is 6.14. The van der Waals surface area contributed by atoms with Crippen LogP contribution in [0.5, 0.6) is 0 Å². The molecule has 1 aromatic carbocycles. The topological polar surface area (TPSA) is 80.3 Å². The van der Waals surface area contributed by atoms with Crippen LogP contribution in [0.15, 0.2) is 36.9 Å². The average Bonchev–Trinajstić information content (AvgIpc) is 2.27. The monoisotopic (exact) mass is 281 g/mol. The quantitative estimate of drug-likeness (QED) is 0.632. The zero-order chi connectivity index (χ0) is 14.5. The normalized spacial score (nSPS) is 10.8. The molecule has 0 saturated carbocycles. The molecule has 0 unspecified atom stereocenters. The van der Waals surface area contributed by atoms with Crippen molar-refractivity contribution in [2.24, 2.45) is 0 Å². The summed E-state index contributed by atoms with van der Waals surface area (Å²) in [5, 5.41) is 2.45. The molecular weight excluding hydrogens is 266 g/mol. The Morgan fingerprint density at radius 2 is 2.05 bits per heavy atom. The first kappa shape index (κ1) is 15.1. The van der Waals surface area contributed by atoms with E-state index < -0.39 is 21.5 Å². The van der Waals surface area contributed by atoms with Crippen LogP contribution < -0.4 is 5.32 Å². The Morgan fingerprint density at radius 1 is 1.37 bits per heavy atom. The van der Waals surface area contributed by atoms with Crippen molar-refractivity contribution < 1.29 is 18.0 Å². The van der Waals surface area contributed by atoms with Gasteiger partial charge in [-0.05, 0) is 19.1 Å². The molecule has 1 rings (SSSR count). The lowest BCUT2D eigenvalue weighted by Crippen LogP contribution is -2.24. The second kappa shape index (κ2) is 6.29. The Labute approximate surface area is 112 Å². The zero-order valence-electron chi connectivity index (χ0n) is 10.5. The molecule has 102 valence electrons. The summed E-state index contributed by atoms with van der Waals surface area (Å²) in [5.74, 6) is -1.62. The fourth-order valence-electron chi connectivity index (χ4n) is 1.45. The first-order chi connectivity index (χ1) is 8.84. The van der Waals surface area contributed by atoms with Gasteiger partial charge in [0, 0.05) is 11.3 Å². The Balaban J connectivity index is 2.75. The zero-order valence-corrected chi connectivity index (χ0v) is 11.4. The number of carbonyl (C=O) groups is 2. The third-order valence-electron chi connectivity index (χ3n) is 2.28. The van der Waals surface area contributed by atoms with Crippen LogP contribution in [0.4, 0.5) is 5.69 Å². The molecule has 0 heterocycles. The predicted molar refractivity (Wildman–Crippen MR) is 73.9 cm³/mol. The van der Waals surface area contributed by atoms with Gasteiger partial charge in [-0.2, -0.15) is 0 Å². The number of anilines is 1. The Bertz CT molecular complexity index is 605. The third-order valence-corrected chi connectivity index (χ3v) is 3.72. The standard InChI is InChI=1S/C13H15NO4S/c1-3-7-19(17,18)9-13(16)14-12-6-4-5-11(8-12)10(2)15/h3-6,8H,1,7,9H2,2H3,(H,14,16). The molecule has 0 atom stereocenters. The second-order valence-electron chi connectivity index (χ2n) is 4.03. The smallest absolute Gasteiger partial charge is 0.239 e. The number of hydrogen-bond donors (Lipinski definition) is 1. The summed E-state index contributed by atoms with van der Waals surface area (Å²) in [7, 11) is -3.47. The van der Waals surface area contributed by atoms with Crippen molar-refractivity contribution in [1.29, 1.82) is 0 Å². The number of amides is 1. The largest absolute Gasteiger partial charge is 0.325 e. The highest BCUT2D eigenvalue weighted by molar-refractivity contribution is 7.92. The lowest BCUT2D eigenvalue weighted by atomic mass is 10.1. The van der Waals surface area contributed by atoms with Crippen LogP contribution in [-0.2, 0) is 14.6 Å². The van der Waals surface area contributed by atoms with Crippen molar-refractivity contribution in [3.8, 4) is 0 Å². The highest BCUT2D eigenvalue weighted by Gasteiger charge is 2.15. The summed E-state index contributed by atoms with van der Waals surface area (Å²) in [6.07, 6.45) is 1.24. The summed E-state index contributed by atoms with van der Waals surface area (Å²) in [4.78, 5) is 22.8. The van der Waals surface area contributed by atoms with Crippen molar-refractivity contribution in [3.05, 3.63) is 42.5 Å². The van der Waals surface area contributed by atoms with E-state index in [1.165, 1.54) is 19.1 Å². The first-order valence-corrected chi connectivity index (χ1v) is 7.38. The van der Waals surface area contributed by atoms with Crippen molar-refractivity contribution >= 4 is 27.2 Å². The SMILES string of the molecule is C=CCS(=O)(=O)CC(=O)Nc1cccc(C(C)=O)c1. The summed E-state index contributed by atoms with van der Waals surface area (Å²) < 4.78 is 22.8. The summed E-state index contributed by atoms with van der Waals surface area (Å²) in [5.41, 5.74) is 0.846. The van der Waals surface area contributed by atoms with Crippen LogP contribution in [0.2, 0.25) is 0 Å². The van der Waals surface area contributed by atoms with Crippen LogP contribution in [0.3, 0.4) is 0 Å². The molecule has 0 saturated heterocycles. The number of nitrogens with one attached hydrogen (secondary N) is 1. The van der Waals surface area contributed by atoms with E-state index in [0.29, 0.717) is 11.3 Å². The molecule has 6 heteroatoms. The lowest BCUT2D eigenvalue weighted by molar-refractivity contribution is -0.113. The van der Waals surface area contributed by atoms with Gasteiger partial charge in [-0.1, -0.05) is 18.2 Å². The average molecular weight is 281 g/mol. The van der Waals surface area contributed by atoms with Crippen molar-refractivity contribution in [2.45, 2.75) is 6.92 Å². The summed E-state index contributed by atoms with van der Waals surface area (Å²) in [6.45, 7) is 4.73. The molecule has 0 spiro atoms. The van der Waals surface area contributed by atoms with E-state index in [4.69, 9.17) is 0 Å². The van der Waals surface area contributed by atoms with Gasteiger partial charge in [0.25, 0.3) is 0 Å². The minimum absolute atomic E-state index is 0.129. The van der Waals surface area contributed by atoms with Crippen LogP contribution in [0, 0.1) is 0 Å². The maximum atomic E-state index is 11.6. The van der Waals surface area contributed by atoms with Gasteiger partial charge < -0.3 is 5.32 Å². The fourth-order valence-corrected chi connectivity index (χ4v) is 2.40. The molecule has 0 fully saturated rings. The van der Waals surface area contributed by atoms with Gasteiger partial charge in [0.2, 0.25) is 5.91 Å². The Morgan fingerprint density at radius 3 is 2.63 bits per heavy atom. The van der Waals surface area contributed by atoms with Crippen LogP contribution in [-0.4, -0.2) is 31.6 Å². The number of ketones is 1. The Hall–Kier alpha value is -1.95. The van der Waals surface area contributed by atoms with E-state index in [0.717, 1.165) is 0 Å².